The van der Waals surface area contributed by atoms with E-state index in [-0.39, 0.29) is 6.42 Å². The summed E-state index contributed by atoms with van der Waals surface area (Å²) in [6.07, 6.45) is 1.50. The maximum atomic E-state index is 10.5. The van der Waals surface area contributed by atoms with Gasteiger partial charge in [-0.2, -0.15) is 5.10 Å². The number of hydrogen-bond donors (Lipinski definition) is 2. The van der Waals surface area contributed by atoms with Crippen LogP contribution in [0.5, 0.6) is 0 Å². The van der Waals surface area contributed by atoms with Crippen molar-refractivity contribution < 1.29 is 9.90 Å². The third-order valence-corrected chi connectivity index (χ3v) is 2.28. The van der Waals surface area contributed by atoms with E-state index >= 15 is 0 Å². The molecule has 2 rings (SSSR count). The van der Waals surface area contributed by atoms with Crippen LogP contribution < -0.4 is 0 Å². The number of H-pyrrole nitrogens is 1. The topological polar surface area (TPSA) is 78.9 Å². The molecule has 0 saturated carbocycles. The van der Waals surface area contributed by atoms with E-state index in [0.717, 1.165) is 0 Å². The monoisotopic (exact) mass is 237 g/mol. The van der Waals surface area contributed by atoms with E-state index in [9.17, 15) is 4.79 Å². The summed E-state index contributed by atoms with van der Waals surface area (Å²) in [6.45, 7) is 0. The maximum absolute atomic E-state index is 10.5. The van der Waals surface area contributed by atoms with Gasteiger partial charge in [0, 0.05) is 11.9 Å². The first-order valence-electron chi connectivity index (χ1n) is 4.54. The number of halogens is 1. The summed E-state index contributed by atoms with van der Waals surface area (Å²) in [4.78, 5) is 14.6. The summed E-state index contributed by atoms with van der Waals surface area (Å²) in [5.41, 5.74) is 1.60. The second kappa shape index (κ2) is 4.32. The second-order valence-corrected chi connectivity index (χ2v) is 3.59. The Morgan fingerprint density at radius 1 is 1.56 bits per heavy atom. The van der Waals surface area contributed by atoms with E-state index in [2.05, 4.69) is 15.2 Å². The Labute approximate surface area is 96.1 Å². The molecule has 16 heavy (non-hydrogen) atoms. The molecule has 0 atom stereocenters. The van der Waals surface area contributed by atoms with Crippen LogP contribution in [0.2, 0.25) is 5.02 Å². The Balaban J connectivity index is 2.32. The van der Waals surface area contributed by atoms with Crippen LogP contribution >= 0.6 is 11.6 Å². The zero-order chi connectivity index (χ0) is 11.5. The van der Waals surface area contributed by atoms with Crippen molar-refractivity contribution in [1.29, 1.82) is 0 Å². The van der Waals surface area contributed by atoms with Gasteiger partial charge >= 0.3 is 5.97 Å². The largest absolute Gasteiger partial charge is 0.481 e. The molecule has 0 aliphatic heterocycles. The van der Waals surface area contributed by atoms with E-state index < -0.39 is 5.97 Å². The molecule has 2 N–H and O–H groups in total. The molecule has 0 bridgehead atoms. The van der Waals surface area contributed by atoms with Gasteiger partial charge < -0.3 is 5.11 Å². The van der Waals surface area contributed by atoms with Crippen molar-refractivity contribution in [3.05, 3.63) is 35.1 Å². The number of carbonyl (C=O) groups is 1. The minimum absolute atomic E-state index is 0.0997. The molecular formula is C10H8ClN3O2. The van der Waals surface area contributed by atoms with Crippen molar-refractivity contribution in [2.75, 3.05) is 0 Å². The highest BCUT2D eigenvalue weighted by Crippen LogP contribution is 2.23. The molecule has 0 spiro atoms. The van der Waals surface area contributed by atoms with Gasteiger partial charge in [0.2, 0.25) is 0 Å². The first kappa shape index (κ1) is 10.6. The highest BCUT2D eigenvalue weighted by Gasteiger charge is 2.10. The van der Waals surface area contributed by atoms with Crippen LogP contribution in [0.3, 0.4) is 0 Å². The van der Waals surface area contributed by atoms with Crippen molar-refractivity contribution in [2.45, 2.75) is 6.42 Å². The SMILES string of the molecule is O=C(O)Cc1cc(-c2ncccc2Cl)n[nH]1. The van der Waals surface area contributed by atoms with E-state index in [1.807, 2.05) is 0 Å². The average molecular weight is 238 g/mol. The van der Waals surface area contributed by atoms with Crippen molar-refractivity contribution in [2.24, 2.45) is 0 Å². The van der Waals surface area contributed by atoms with E-state index in [0.29, 0.717) is 22.1 Å². The molecule has 0 radical (unpaired) electrons. The first-order valence-corrected chi connectivity index (χ1v) is 4.91. The third kappa shape index (κ3) is 2.20. The standard InChI is InChI=1S/C10H8ClN3O2/c11-7-2-1-3-12-10(7)8-4-6(13-14-8)5-9(15)16/h1-4H,5H2,(H,13,14)(H,15,16). The Morgan fingerprint density at radius 3 is 3.06 bits per heavy atom. The second-order valence-electron chi connectivity index (χ2n) is 3.18. The molecule has 2 aromatic rings. The summed E-state index contributed by atoms with van der Waals surface area (Å²) in [5, 5.41) is 15.7. The molecular weight excluding hydrogens is 230 g/mol. The molecule has 82 valence electrons. The zero-order valence-corrected chi connectivity index (χ0v) is 8.90. The van der Waals surface area contributed by atoms with Crippen LogP contribution in [0.15, 0.2) is 24.4 Å². The Morgan fingerprint density at radius 2 is 2.38 bits per heavy atom. The van der Waals surface area contributed by atoms with Crippen molar-refractivity contribution >= 4 is 17.6 Å². The van der Waals surface area contributed by atoms with Gasteiger partial charge in [-0.3, -0.25) is 14.9 Å². The van der Waals surface area contributed by atoms with Gasteiger partial charge in [-0.15, -0.1) is 0 Å². The molecule has 0 saturated heterocycles. The Kier molecular flexibility index (Phi) is 2.87. The number of rotatable bonds is 3. The number of nitrogens with one attached hydrogen (secondary N) is 1. The molecule has 2 heterocycles. The number of aromatic nitrogens is 3. The predicted octanol–water partition coefficient (Wildman–Crippen LogP) is 1.75. The van der Waals surface area contributed by atoms with E-state index in [4.69, 9.17) is 16.7 Å². The molecule has 2 aromatic heterocycles. The summed E-state index contributed by atoms with van der Waals surface area (Å²) in [5.74, 6) is -0.915. The lowest BCUT2D eigenvalue weighted by atomic mass is 10.2. The van der Waals surface area contributed by atoms with Crippen molar-refractivity contribution in [1.82, 2.24) is 15.2 Å². The minimum Gasteiger partial charge on any atom is -0.481 e. The summed E-state index contributed by atoms with van der Waals surface area (Å²) in [6, 6.07) is 5.05. The van der Waals surface area contributed by atoms with Crippen LogP contribution in [0.25, 0.3) is 11.4 Å². The van der Waals surface area contributed by atoms with Crippen LogP contribution in [-0.2, 0) is 11.2 Å². The lowest BCUT2D eigenvalue weighted by Crippen LogP contribution is -1.99. The van der Waals surface area contributed by atoms with E-state index in [1.54, 1.807) is 24.4 Å². The zero-order valence-electron chi connectivity index (χ0n) is 8.14. The third-order valence-electron chi connectivity index (χ3n) is 1.97. The lowest BCUT2D eigenvalue weighted by Gasteiger charge is -1.96. The minimum atomic E-state index is -0.915. The molecule has 0 aliphatic rings. The number of aromatic amines is 1. The number of pyridine rings is 1. The number of hydrogen-bond acceptors (Lipinski definition) is 3. The normalized spacial score (nSPS) is 10.3. The summed E-state index contributed by atoms with van der Waals surface area (Å²) in [7, 11) is 0. The van der Waals surface area contributed by atoms with E-state index in [1.165, 1.54) is 0 Å². The number of carboxylic acid groups (broad SMARTS) is 1. The van der Waals surface area contributed by atoms with Gasteiger partial charge in [0.1, 0.15) is 11.4 Å². The van der Waals surface area contributed by atoms with Gasteiger partial charge in [0.25, 0.3) is 0 Å². The highest BCUT2D eigenvalue weighted by atomic mass is 35.5. The van der Waals surface area contributed by atoms with Gasteiger partial charge in [0.15, 0.2) is 0 Å². The quantitative estimate of drug-likeness (QED) is 0.853. The Hall–Kier alpha value is -1.88. The highest BCUT2D eigenvalue weighted by molar-refractivity contribution is 6.32. The molecule has 0 aromatic carbocycles. The van der Waals surface area contributed by atoms with Gasteiger partial charge in [-0.25, -0.2) is 0 Å². The van der Waals surface area contributed by atoms with Crippen molar-refractivity contribution in [3.8, 4) is 11.4 Å². The summed E-state index contributed by atoms with van der Waals surface area (Å²) < 4.78 is 0. The van der Waals surface area contributed by atoms with Gasteiger partial charge in [-0.1, -0.05) is 11.6 Å². The molecule has 0 amide bonds. The molecule has 6 heteroatoms. The predicted molar refractivity (Wildman–Crippen MR) is 58.2 cm³/mol. The molecule has 5 nitrogen and oxygen atoms in total. The first-order chi connectivity index (χ1) is 7.66. The maximum Gasteiger partial charge on any atom is 0.309 e. The fourth-order valence-corrected chi connectivity index (χ4v) is 1.53. The number of nitrogens with zero attached hydrogens (tertiary/aromatic N) is 2. The Bertz CT molecular complexity index is 524. The van der Waals surface area contributed by atoms with Crippen LogP contribution in [0.1, 0.15) is 5.69 Å². The van der Waals surface area contributed by atoms with Crippen LogP contribution in [-0.4, -0.2) is 26.3 Å². The lowest BCUT2D eigenvalue weighted by molar-refractivity contribution is -0.136. The van der Waals surface area contributed by atoms with Crippen LogP contribution in [0.4, 0.5) is 0 Å². The van der Waals surface area contributed by atoms with Gasteiger partial charge in [0.05, 0.1) is 11.4 Å². The smallest absolute Gasteiger partial charge is 0.309 e. The molecule has 0 fully saturated rings. The number of aliphatic carboxylic acids is 1. The average Bonchev–Trinajstić information content (AvgIpc) is 2.66. The van der Waals surface area contributed by atoms with Gasteiger partial charge in [-0.05, 0) is 18.2 Å². The van der Waals surface area contributed by atoms with Crippen LogP contribution in [0, 0.1) is 0 Å². The molecule has 0 aliphatic carbocycles. The molecule has 0 unspecified atom stereocenters. The van der Waals surface area contributed by atoms with Crippen molar-refractivity contribution in [3.63, 3.8) is 0 Å². The number of carboxylic acids is 1. The fourth-order valence-electron chi connectivity index (χ4n) is 1.31. The summed E-state index contributed by atoms with van der Waals surface area (Å²) >= 11 is 5.94. The fraction of sp³-hybridized carbons (Fsp3) is 0.100.